The van der Waals surface area contributed by atoms with Crippen LogP contribution in [0.25, 0.3) is 0 Å². The highest BCUT2D eigenvalue weighted by Gasteiger charge is 2.17. The van der Waals surface area contributed by atoms with Crippen LogP contribution in [0.2, 0.25) is 0 Å². The number of nitrogens with one attached hydrogen (secondary N) is 1. The lowest BCUT2D eigenvalue weighted by Gasteiger charge is -2.15. The average Bonchev–Trinajstić information content (AvgIpc) is 2.28. The summed E-state index contributed by atoms with van der Waals surface area (Å²) in [5, 5.41) is 1.93. The van der Waals surface area contributed by atoms with Crippen LogP contribution in [0.15, 0.2) is 24.3 Å². The molecular formula is C11H14N2O4. The summed E-state index contributed by atoms with van der Waals surface area (Å²) in [6.07, 6.45) is -0.848. The molecule has 92 valence electrons. The first-order valence-electron chi connectivity index (χ1n) is 4.94. The summed E-state index contributed by atoms with van der Waals surface area (Å²) in [4.78, 5) is 21.9. The topological polar surface area (TPSA) is 90.7 Å². The van der Waals surface area contributed by atoms with Crippen LogP contribution in [0.3, 0.4) is 0 Å². The van der Waals surface area contributed by atoms with Gasteiger partial charge in [0, 0.05) is 0 Å². The third-order valence-corrected chi connectivity index (χ3v) is 1.99. The van der Waals surface area contributed by atoms with Crippen molar-refractivity contribution in [3.63, 3.8) is 0 Å². The van der Waals surface area contributed by atoms with Crippen molar-refractivity contribution in [2.24, 2.45) is 5.73 Å². The molecule has 0 aliphatic rings. The fourth-order valence-electron chi connectivity index (χ4n) is 1.18. The molecule has 0 saturated heterocycles. The molecule has 0 unspecified atom stereocenters. The van der Waals surface area contributed by atoms with E-state index in [9.17, 15) is 9.59 Å². The second kappa shape index (κ2) is 5.74. The molecule has 0 fully saturated rings. The Hall–Kier alpha value is -2.24. The number of amides is 3. The molecule has 6 nitrogen and oxygen atoms in total. The Morgan fingerprint density at radius 1 is 1.29 bits per heavy atom. The number of nitrogens with two attached hydrogens (primary N) is 1. The summed E-state index contributed by atoms with van der Waals surface area (Å²) in [7, 11) is 1.50. The highest BCUT2D eigenvalue weighted by molar-refractivity contribution is 5.95. The number of imide groups is 1. The van der Waals surface area contributed by atoms with E-state index in [0.717, 1.165) is 0 Å². The smallest absolute Gasteiger partial charge is 0.318 e. The van der Waals surface area contributed by atoms with E-state index in [0.29, 0.717) is 11.5 Å². The predicted octanol–water partition coefficient (Wildman–Crippen LogP) is 0.657. The van der Waals surface area contributed by atoms with Crippen molar-refractivity contribution < 1.29 is 19.1 Å². The van der Waals surface area contributed by atoms with Gasteiger partial charge in [0.25, 0.3) is 5.91 Å². The number of urea groups is 1. The molecule has 0 aliphatic heterocycles. The van der Waals surface area contributed by atoms with Crippen LogP contribution in [-0.2, 0) is 4.79 Å². The summed E-state index contributed by atoms with van der Waals surface area (Å²) in [5.41, 5.74) is 4.83. The Morgan fingerprint density at radius 3 is 2.41 bits per heavy atom. The van der Waals surface area contributed by atoms with Gasteiger partial charge < -0.3 is 15.2 Å². The summed E-state index contributed by atoms with van der Waals surface area (Å²) >= 11 is 0. The van der Waals surface area contributed by atoms with Crippen LogP contribution in [-0.4, -0.2) is 25.2 Å². The molecule has 3 amide bonds. The summed E-state index contributed by atoms with van der Waals surface area (Å²) in [6, 6.07) is 5.97. The first-order chi connectivity index (χ1) is 8.04. The Balaban J connectivity index is 2.70. The molecule has 3 N–H and O–H groups in total. The Labute approximate surface area is 98.7 Å². The largest absolute Gasteiger partial charge is 0.493 e. The molecule has 0 saturated carbocycles. The molecule has 1 aromatic carbocycles. The van der Waals surface area contributed by atoms with Crippen LogP contribution in [0.5, 0.6) is 11.5 Å². The van der Waals surface area contributed by atoms with Gasteiger partial charge in [-0.15, -0.1) is 0 Å². The van der Waals surface area contributed by atoms with E-state index < -0.39 is 18.0 Å². The Bertz CT molecular complexity index is 420. The minimum atomic E-state index is -0.912. The van der Waals surface area contributed by atoms with Gasteiger partial charge >= 0.3 is 6.03 Å². The number of hydrogen-bond donors (Lipinski definition) is 2. The number of rotatable bonds is 4. The zero-order chi connectivity index (χ0) is 12.8. The second-order valence-corrected chi connectivity index (χ2v) is 3.26. The Kier molecular flexibility index (Phi) is 4.33. The van der Waals surface area contributed by atoms with E-state index in [-0.39, 0.29) is 0 Å². The molecule has 0 heterocycles. The van der Waals surface area contributed by atoms with Crippen molar-refractivity contribution in [3.8, 4) is 11.5 Å². The van der Waals surface area contributed by atoms with Gasteiger partial charge in [-0.3, -0.25) is 10.1 Å². The summed E-state index contributed by atoms with van der Waals surface area (Å²) < 4.78 is 10.4. The summed E-state index contributed by atoms with van der Waals surface area (Å²) in [6.45, 7) is 1.50. The fraction of sp³-hybridized carbons (Fsp3) is 0.273. The molecule has 0 aliphatic carbocycles. The highest BCUT2D eigenvalue weighted by Crippen LogP contribution is 2.26. The van der Waals surface area contributed by atoms with E-state index in [2.05, 4.69) is 0 Å². The number of primary amides is 1. The lowest BCUT2D eigenvalue weighted by molar-refractivity contribution is -0.126. The second-order valence-electron chi connectivity index (χ2n) is 3.26. The first kappa shape index (κ1) is 12.8. The monoisotopic (exact) mass is 238 g/mol. The quantitative estimate of drug-likeness (QED) is 0.806. The predicted molar refractivity (Wildman–Crippen MR) is 60.8 cm³/mol. The van der Waals surface area contributed by atoms with E-state index in [1.165, 1.54) is 14.0 Å². The zero-order valence-corrected chi connectivity index (χ0v) is 9.60. The number of carbonyl (C=O) groups excluding carboxylic acids is 2. The number of para-hydroxylation sites is 2. The van der Waals surface area contributed by atoms with Gasteiger partial charge in [-0.05, 0) is 19.1 Å². The molecule has 1 aromatic rings. The molecule has 0 bridgehead atoms. The number of carbonyl (C=O) groups is 2. The third kappa shape index (κ3) is 3.67. The average molecular weight is 238 g/mol. The Morgan fingerprint density at radius 2 is 1.88 bits per heavy atom. The first-order valence-corrected chi connectivity index (χ1v) is 4.94. The van der Waals surface area contributed by atoms with Gasteiger partial charge in [-0.2, -0.15) is 0 Å². The molecule has 6 heteroatoms. The van der Waals surface area contributed by atoms with E-state index in [1.54, 1.807) is 24.3 Å². The lowest BCUT2D eigenvalue weighted by Crippen LogP contribution is -2.42. The van der Waals surface area contributed by atoms with Crippen molar-refractivity contribution >= 4 is 11.9 Å². The van der Waals surface area contributed by atoms with Crippen LogP contribution < -0.4 is 20.5 Å². The van der Waals surface area contributed by atoms with Crippen LogP contribution in [0.4, 0.5) is 4.79 Å². The van der Waals surface area contributed by atoms with Gasteiger partial charge in [-0.1, -0.05) is 12.1 Å². The van der Waals surface area contributed by atoms with Gasteiger partial charge in [0.15, 0.2) is 17.6 Å². The number of methoxy groups -OCH3 is 1. The minimum absolute atomic E-state index is 0.419. The van der Waals surface area contributed by atoms with E-state index >= 15 is 0 Å². The minimum Gasteiger partial charge on any atom is -0.493 e. The van der Waals surface area contributed by atoms with Crippen LogP contribution >= 0.6 is 0 Å². The summed E-state index contributed by atoms with van der Waals surface area (Å²) in [5.74, 6) is 0.316. The van der Waals surface area contributed by atoms with Crippen molar-refractivity contribution in [1.82, 2.24) is 5.32 Å². The van der Waals surface area contributed by atoms with Gasteiger partial charge in [0.1, 0.15) is 0 Å². The fourth-order valence-corrected chi connectivity index (χ4v) is 1.18. The van der Waals surface area contributed by atoms with E-state index in [1.807, 2.05) is 5.32 Å². The molecule has 0 aromatic heterocycles. The number of benzene rings is 1. The molecular weight excluding hydrogens is 224 g/mol. The van der Waals surface area contributed by atoms with Gasteiger partial charge in [-0.25, -0.2) is 4.79 Å². The van der Waals surface area contributed by atoms with Gasteiger partial charge in [0.05, 0.1) is 7.11 Å². The van der Waals surface area contributed by atoms with Crippen molar-refractivity contribution in [1.29, 1.82) is 0 Å². The maximum absolute atomic E-state index is 11.4. The van der Waals surface area contributed by atoms with E-state index in [4.69, 9.17) is 15.2 Å². The maximum atomic E-state index is 11.4. The highest BCUT2D eigenvalue weighted by atomic mass is 16.5. The molecule has 1 rings (SSSR count). The standard InChI is InChI=1S/C11H14N2O4/c1-7(10(14)13-11(12)15)17-9-6-4-3-5-8(9)16-2/h3-7H,1-2H3,(H3,12,13,14,15)/t7-/m0/s1. The molecule has 0 radical (unpaired) electrons. The zero-order valence-electron chi connectivity index (χ0n) is 9.60. The van der Waals surface area contributed by atoms with Crippen molar-refractivity contribution in [3.05, 3.63) is 24.3 Å². The third-order valence-electron chi connectivity index (χ3n) is 1.99. The van der Waals surface area contributed by atoms with Gasteiger partial charge in [0.2, 0.25) is 0 Å². The normalized spacial score (nSPS) is 11.4. The number of hydrogen-bond acceptors (Lipinski definition) is 4. The molecule has 17 heavy (non-hydrogen) atoms. The lowest BCUT2D eigenvalue weighted by atomic mass is 10.3. The SMILES string of the molecule is COc1ccccc1O[C@@H](C)C(=O)NC(N)=O. The van der Waals surface area contributed by atoms with Crippen LogP contribution in [0, 0.1) is 0 Å². The van der Waals surface area contributed by atoms with Crippen molar-refractivity contribution in [2.45, 2.75) is 13.0 Å². The van der Waals surface area contributed by atoms with Crippen molar-refractivity contribution in [2.75, 3.05) is 7.11 Å². The number of ether oxygens (including phenoxy) is 2. The molecule has 0 spiro atoms. The van der Waals surface area contributed by atoms with Crippen LogP contribution in [0.1, 0.15) is 6.92 Å². The maximum Gasteiger partial charge on any atom is 0.318 e. The molecule has 1 atom stereocenters.